The van der Waals surface area contributed by atoms with Gasteiger partial charge in [-0.1, -0.05) is 0 Å². The van der Waals surface area contributed by atoms with Gasteiger partial charge < -0.3 is 0 Å². The van der Waals surface area contributed by atoms with Gasteiger partial charge in [-0.05, 0) is 24.3 Å². The third kappa shape index (κ3) is 3.41. The fourth-order valence-electron chi connectivity index (χ4n) is 2.96. The van der Waals surface area contributed by atoms with Crippen molar-refractivity contribution in [2.45, 2.75) is 0 Å². The molecule has 4 nitrogen and oxygen atoms in total. The first-order valence-corrected chi connectivity index (χ1v) is 21.1. The summed E-state index contributed by atoms with van der Waals surface area (Å²) in [6.45, 7) is 0. The zero-order valence-electron chi connectivity index (χ0n) is 14.1. The molecular weight excluding hydrogens is 503 g/mol. The minimum atomic E-state index is -2.98. The number of hydrazone groups is 1. The second kappa shape index (κ2) is 7.54. The van der Waals surface area contributed by atoms with E-state index in [2.05, 4.69) is 65.8 Å². The molecule has 5 rings (SSSR count). The van der Waals surface area contributed by atoms with Crippen molar-refractivity contribution in [1.82, 2.24) is 0 Å². The van der Waals surface area contributed by atoms with E-state index in [0.29, 0.717) is 9.81 Å². The summed E-state index contributed by atoms with van der Waals surface area (Å²) in [4.78, 5) is 0.856. The normalized spacial score (nSPS) is 20.1. The van der Waals surface area contributed by atoms with Gasteiger partial charge in [0.25, 0.3) is 0 Å². The third-order valence-electron chi connectivity index (χ3n) is 4.32. The predicted molar refractivity (Wildman–Crippen MR) is 119 cm³/mol. The minimum Gasteiger partial charge on any atom is -0.219 e. The second-order valence-electron chi connectivity index (χ2n) is 5.92. The molecule has 2 aromatic carbocycles. The number of benzene rings is 2. The zero-order valence-corrected chi connectivity index (χ0v) is 19.5. The largest absolute Gasteiger partial charge is 0.219 e. The number of sulfone groups is 1. The molecule has 0 aliphatic carbocycles. The molecule has 0 atom stereocenters. The second-order valence-corrected chi connectivity index (χ2v) is 29.6. The summed E-state index contributed by atoms with van der Waals surface area (Å²) in [5, 5.41) is 3.84. The van der Waals surface area contributed by atoms with E-state index in [0.717, 1.165) is 4.38 Å². The molecule has 3 heterocycles. The van der Waals surface area contributed by atoms with Crippen molar-refractivity contribution in [3.8, 4) is 0 Å². The molecule has 3 aliphatic heterocycles. The van der Waals surface area contributed by atoms with Gasteiger partial charge in [-0.15, -0.1) is 0 Å². The molecule has 0 aromatic heterocycles. The predicted octanol–water partition coefficient (Wildman–Crippen LogP) is 2.71. The van der Waals surface area contributed by atoms with E-state index in [9.17, 15) is 8.42 Å². The van der Waals surface area contributed by atoms with Crippen LogP contribution < -0.4 is 13.0 Å². The van der Waals surface area contributed by atoms with Crippen LogP contribution in [0.4, 0.5) is 0 Å². The molecule has 2 aromatic rings. The van der Waals surface area contributed by atoms with Gasteiger partial charge in [-0.25, -0.2) is 8.42 Å². The zero-order chi connectivity index (χ0) is 18.9. The molecule has 1 fully saturated rings. The molecule has 0 amide bonds. The molecule has 0 unspecified atom stereocenters. The van der Waals surface area contributed by atoms with Crippen LogP contribution in [0, 0.1) is 0 Å². The van der Waals surface area contributed by atoms with Crippen LogP contribution in [0.1, 0.15) is 0 Å². The Morgan fingerprint density at radius 3 is 1.52 bits per heavy atom. The van der Waals surface area contributed by atoms with Crippen molar-refractivity contribution in [2.24, 2.45) is 10.9 Å². The van der Waals surface area contributed by atoms with Crippen LogP contribution in [-0.4, -0.2) is 28.4 Å². The standard InChI is InChI=1S/C6H4O2S.2C6H5.CH4N2S2.Sn/c7-9(8)5-1-2-6(9)4-3-5;2*1-2-4-6-5-3-1;2-3-1(4)5;/h1-4H;2*1-5H;2H2,(H2,3,4,5);/q;;;;+2/p-2. The van der Waals surface area contributed by atoms with Gasteiger partial charge >= 0.3 is 117 Å². The van der Waals surface area contributed by atoms with E-state index in [1.54, 1.807) is 24.3 Å². The van der Waals surface area contributed by atoms with Gasteiger partial charge in [0.1, 0.15) is 0 Å². The van der Waals surface area contributed by atoms with Crippen LogP contribution in [0.15, 0.2) is 99.9 Å². The number of nitrogens with zero attached hydrogens (tertiary/aromatic N) is 1. The van der Waals surface area contributed by atoms with E-state index < -0.39 is 25.4 Å². The molecule has 2 bridgehead atoms. The van der Waals surface area contributed by atoms with Crippen molar-refractivity contribution < 1.29 is 8.42 Å². The van der Waals surface area contributed by atoms with Gasteiger partial charge in [0.2, 0.25) is 9.84 Å². The molecule has 3 aliphatic rings. The van der Waals surface area contributed by atoms with Crippen LogP contribution in [0.3, 0.4) is 0 Å². The van der Waals surface area contributed by atoms with Gasteiger partial charge in [-0.2, -0.15) is 0 Å². The van der Waals surface area contributed by atoms with Crippen molar-refractivity contribution in [1.29, 1.82) is 0 Å². The van der Waals surface area contributed by atoms with E-state index >= 15 is 0 Å². The average Bonchev–Trinajstić information content (AvgIpc) is 3.13. The fraction of sp³-hybridized carbons (Fsp3) is 0. The van der Waals surface area contributed by atoms with E-state index in [1.165, 1.54) is 7.16 Å². The van der Waals surface area contributed by atoms with Crippen molar-refractivity contribution in [2.75, 3.05) is 0 Å². The summed E-state index contributed by atoms with van der Waals surface area (Å²) < 4.78 is 25.9. The van der Waals surface area contributed by atoms with E-state index in [-0.39, 0.29) is 0 Å². The Labute approximate surface area is 168 Å². The Morgan fingerprint density at radius 1 is 0.778 bits per heavy atom. The number of allylic oxidation sites excluding steroid dienone is 4. The summed E-state index contributed by atoms with van der Waals surface area (Å²) in [6.07, 6.45) is 6.46. The minimum absolute atomic E-state index is 0.428. The molecule has 0 radical (unpaired) electrons. The van der Waals surface area contributed by atoms with E-state index in [4.69, 9.17) is 5.84 Å². The molecule has 136 valence electrons. The Morgan fingerprint density at radius 2 is 1.22 bits per heavy atom. The summed E-state index contributed by atoms with van der Waals surface area (Å²) in [5.74, 6) is 5.39. The van der Waals surface area contributed by atoms with Crippen LogP contribution in [0.5, 0.6) is 0 Å². The Balaban J connectivity index is 0.000000167. The smallest absolute Gasteiger partial charge is 0.206 e. The Kier molecular flexibility index (Phi) is 5.28. The van der Waals surface area contributed by atoms with Crippen molar-refractivity contribution in [3.63, 3.8) is 0 Å². The van der Waals surface area contributed by atoms with E-state index in [1.807, 2.05) is 17.9 Å². The number of nitrogens with two attached hydrogens (primary N) is 1. The quantitative estimate of drug-likeness (QED) is 0.376. The SMILES string of the molecule is NN=C1[S][Sn]([c]2ccccc2)([c]2ccccc2)[S]1.O=S1(=O)C2=CC=C1C=C2. The first-order chi connectivity index (χ1) is 13.1. The molecule has 0 saturated carbocycles. The topological polar surface area (TPSA) is 72.5 Å². The first-order valence-electron chi connectivity index (χ1n) is 8.18. The number of fused-ring (bicyclic) bond motifs is 2. The third-order valence-corrected chi connectivity index (χ3v) is 34.4. The van der Waals surface area contributed by atoms with Gasteiger partial charge in [0, 0.05) is 0 Å². The summed E-state index contributed by atoms with van der Waals surface area (Å²) in [5.41, 5.74) is 0. The average molecular weight is 519 g/mol. The van der Waals surface area contributed by atoms with Crippen molar-refractivity contribution in [3.05, 3.63) is 94.8 Å². The molecule has 0 spiro atoms. The van der Waals surface area contributed by atoms with Gasteiger partial charge in [-0.3, -0.25) is 0 Å². The van der Waals surface area contributed by atoms with Gasteiger partial charge in [0.15, 0.2) is 0 Å². The maximum Gasteiger partial charge on any atom is 0.206 e. The first kappa shape index (κ1) is 18.9. The van der Waals surface area contributed by atoms with Crippen molar-refractivity contribution >= 4 is 54.9 Å². The molecule has 2 N–H and O–H groups in total. The Hall–Kier alpha value is -1.42. The number of rotatable bonds is 2. The van der Waals surface area contributed by atoms with Crippen LogP contribution in [0.25, 0.3) is 0 Å². The van der Waals surface area contributed by atoms with Crippen LogP contribution in [0.2, 0.25) is 0 Å². The van der Waals surface area contributed by atoms with Crippen LogP contribution >= 0.6 is 17.9 Å². The molecule has 1 saturated heterocycles. The maximum atomic E-state index is 11.0. The summed E-state index contributed by atoms with van der Waals surface area (Å²) in [6, 6.07) is 21.6. The molecular formula is C19H16N2O2S3Sn. The summed E-state index contributed by atoms with van der Waals surface area (Å²) >= 11 is -2.61. The molecule has 8 heteroatoms. The Bertz CT molecular complexity index is 1010. The maximum absolute atomic E-state index is 11.0. The number of hydrogen-bond donors (Lipinski definition) is 1. The monoisotopic (exact) mass is 520 g/mol. The van der Waals surface area contributed by atoms with Gasteiger partial charge in [0.05, 0.1) is 9.81 Å². The summed E-state index contributed by atoms with van der Waals surface area (Å²) in [7, 11) is 0.869. The van der Waals surface area contributed by atoms with Crippen LogP contribution in [-0.2, 0) is 9.84 Å². The molecule has 27 heavy (non-hydrogen) atoms. The fourth-order valence-corrected chi connectivity index (χ4v) is 29.3. The number of hydrogen-bond acceptors (Lipinski definition) is 6.